The van der Waals surface area contributed by atoms with Crippen LogP contribution in [0.1, 0.15) is 37.9 Å². The number of aryl methyl sites for hydroxylation is 2. The minimum absolute atomic E-state index is 0.240. The summed E-state index contributed by atoms with van der Waals surface area (Å²) < 4.78 is 1.68. The summed E-state index contributed by atoms with van der Waals surface area (Å²) >= 11 is 6.12. The lowest BCUT2D eigenvalue weighted by atomic mass is 10.00. The van der Waals surface area contributed by atoms with Crippen molar-refractivity contribution in [1.82, 2.24) is 9.78 Å². The van der Waals surface area contributed by atoms with Gasteiger partial charge in [0.1, 0.15) is 5.15 Å². The van der Waals surface area contributed by atoms with E-state index in [-0.39, 0.29) is 6.10 Å². The molecular formula is C12H21ClN2O. The molecule has 0 amide bonds. The zero-order valence-corrected chi connectivity index (χ0v) is 11.3. The zero-order valence-electron chi connectivity index (χ0n) is 10.5. The summed E-state index contributed by atoms with van der Waals surface area (Å²) in [5, 5.41) is 14.7. The molecule has 0 aliphatic heterocycles. The van der Waals surface area contributed by atoms with Gasteiger partial charge >= 0.3 is 0 Å². The predicted octanol–water partition coefficient (Wildman–Crippen LogP) is 2.72. The molecule has 0 saturated heterocycles. The Morgan fingerprint density at radius 3 is 2.50 bits per heavy atom. The highest BCUT2D eigenvalue weighted by Crippen LogP contribution is 2.21. The van der Waals surface area contributed by atoms with Crippen molar-refractivity contribution in [2.75, 3.05) is 0 Å². The van der Waals surface area contributed by atoms with Gasteiger partial charge in [-0.3, -0.25) is 4.68 Å². The molecule has 1 unspecified atom stereocenters. The van der Waals surface area contributed by atoms with E-state index in [0.29, 0.717) is 11.1 Å². The van der Waals surface area contributed by atoms with E-state index in [1.165, 1.54) is 0 Å². The predicted molar refractivity (Wildman–Crippen MR) is 66.7 cm³/mol. The van der Waals surface area contributed by atoms with Gasteiger partial charge in [0.2, 0.25) is 0 Å². The fraction of sp³-hybridized carbons (Fsp3) is 0.750. The Hall–Kier alpha value is -0.540. The van der Waals surface area contributed by atoms with Gasteiger partial charge in [-0.25, -0.2) is 0 Å². The molecule has 1 N–H and O–H groups in total. The third-order valence-electron chi connectivity index (χ3n) is 2.74. The van der Waals surface area contributed by atoms with Gasteiger partial charge in [-0.05, 0) is 32.1 Å². The lowest BCUT2D eigenvalue weighted by Crippen LogP contribution is -2.11. The summed E-state index contributed by atoms with van der Waals surface area (Å²) in [6, 6.07) is 0. The molecule has 0 radical (unpaired) electrons. The standard InChI is InChI=1S/C12H21ClN2O/c1-8(2)7-10(16)5-6-11-9(3)14-15(4)12(11)13/h8,10,16H,5-7H2,1-4H3. The van der Waals surface area contributed by atoms with Crippen LogP contribution < -0.4 is 0 Å². The number of hydrogen-bond donors (Lipinski definition) is 1. The molecule has 0 fully saturated rings. The van der Waals surface area contributed by atoms with E-state index >= 15 is 0 Å². The Labute approximate surface area is 102 Å². The summed E-state index contributed by atoms with van der Waals surface area (Å²) in [4.78, 5) is 0. The van der Waals surface area contributed by atoms with Crippen LogP contribution in [0, 0.1) is 12.8 Å². The van der Waals surface area contributed by atoms with Crippen LogP contribution in [0.2, 0.25) is 5.15 Å². The Balaban J connectivity index is 2.54. The molecule has 0 bridgehead atoms. The number of hydrogen-bond acceptors (Lipinski definition) is 2. The van der Waals surface area contributed by atoms with E-state index in [0.717, 1.165) is 30.5 Å². The molecule has 1 aromatic heterocycles. The molecule has 0 aliphatic carbocycles. The molecule has 4 heteroatoms. The first-order valence-electron chi connectivity index (χ1n) is 5.77. The van der Waals surface area contributed by atoms with Crippen LogP contribution in [-0.4, -0.2) is 21.0 Å². The minimum atomic E-state index is -0.240. The first-order chi connectivity index (χ1) is 7.41. The molecule has 1 atom stereocenters. The van der Waals surface area contributed by atoms with E-state index in [4.69, 9.17) is 11.6 Å². The normalized spacial score (nSPS) is 13.4. The topological polar surface area (TPSA) is 38.0 Å². The van der Waals surface area contributed by atoms with Gasteiger partial charge < -0.3 is 5.11 Å². The average Bonchev–Trinajstić information content (AvgIpc) is 2.38. The van der Waals surface area contributed by atoms with Crippen LogP contribution in [0.25, 0.3) is 0 Å². The molecule has 0 saturated carbocycles. The Morgan fingerprint density at radius 2 is 2.06 bits per heavy atom. The third kappa shape index (κ3) is 3.49. The van der Waals surface area contributed by atoms with Crippen molar-refractivity contribution >= 4 is 11.6 Å². The van der Waals surface area contributed by atoms with Gasteiger partial charge in [-0.2, -0.15) is 5.10 Å². The number of rotatable bonds is 5. The highest BCUT2D eigenvalue weighted by Gasteiger charge is 2.13. The maximum atomic E-state index is 9.80. The van der Waals surface area contributed by atoms with Gasteiger partial charge in [0.15, 0.2) is 0 Å². The van der Waals surface area contributed by atoms with Crippen molar-refractivity contribution in [2.45, 2.75) is 46.1 Å². The lowest BCUT2D eigenvalue weighted by Gasteiger charge is -2.12. The molecule has 0 aromatic carbocycles. The SMILES string of the molecule is Cc1nn(C)c(Cl)c1CCC(O)CC(C)C. The van der Waals surface area contributed by atoms with Gasteiger partial charge in [0.25, 0.3) is 0 Å². The zero-order chi connectivity index (χ0) is 12.3. The number of halogens is 1. The van der Waals surface area contributed by atoms with E-state index in [9.17, 15) is 5.11 Å². The molecule has 0 spiro atoms. The summed E-state index contributed by atoms with van der Waals surface area (Å²) in [5.41, 5.74) is 2.02. The number of aromatic nitrogens is 2. The van der Waals surface area contributed by atoms with Crippen molar-refractivity contribution in [3.05, 3.63) is 16.4 Å². The van der Waals surface area contributed by atoms with Crippen molar-refractivity contribution in [2.24, 2.45) is 13.0 Å². The second-order valence-corrected chi connectivity index (χ2v) is 5.16. The minimum Gasteiger partial charge on any atom is -0.393 e. The Kier molecular flexibility index (Phi) is 4.81. The first kappa shape index (κ1) is 13.5. The van der Waals surface area contributed by atoms with Crippen LogP contribution in [-0.2, 0) is 13.5 Å². The maximum Gasteiger partial charge on any atom is 0.130 e. The summed E-state index contributed by atoms with van der Waals surface area (Å²) in [6.07, 6.45) is 2.16. The smallest absolute Gasteiger partial charge is 0.130 e. The number of aliphatic hydroxyl groups is 1. The van der Waals surface area contributed by atoms with Crippen LogP contribution in [0.3, 0.4) is 0 Å². The summed E-state index contributed by atoms with van der Waals surface area (Å²) in [5.74, 6) is 0.528. The second-order valence-electron chi connectivity index (χ2n) is 4.80. The monoisotopic (exact) mass is 244 g/mol. The Morgan fingerprint density at radius 1 is 1.44 bits per heavy atom. The third-order valence-corrected chi connectivity index (χ3v) is 3.21. The fourth-order valence-electron chi connectivity index (χ4n) is 1.93. The highest BCUT2D eigenvalue weighted by atomic mass is 35.5. The summed E-state index contributed by atoms with van der Waals surface area (Å²) in [6.45, 7) is 6.19. The second kappa shape index (κ2) is 5.69. The highest BCUT2D eigenvalue weighted by molar-refractivity contribution is 6.30. The molecular weight excluding hydrogens is 224 g/mol. The lowest BCUT2D eigenvalue weighted by molar-refractivity contribution is 0.139. The van der Waals surface area contributed by atoms with Crippen molar-refractivity contribution in [3.8, 4) is 0 Å². The molecule has 16 heavy (non-hydrogen) atoms. The van der Waals surface area contributed by atoms with Crippen LogP contribution in [0.4, 0.5) is 0 Å². The van der Waals surface area contributed by atoms with Gasteiger partial charge in [-0.1, -0.05) is 25.4 Å². The quantitative estimate of drug-likeness (QED) is 0.865. The molecule has 92 valence electrons. The fourth-order valence-corrected chi connectivity index (χ4v) is 2.20. The molecule has 1 heterocycles. The van der Waals surface area contributed by atoms with E-state index < -0.39 is 0 Å². The molecule has 1 rings (SSSR count). The molecule has 3 nitrogen and oxygen atoms in total. The first-order valence-corrected chi connectivity index (χ1v) is 6.15. The van der Waals surface area contributed by atoms with Crippen molar-refractivity contribution in [3.63, 3.8) is 0 Å². The number of nitrogens with zero attached hydrogens (tertiary/aromatic N) is 2. The van der Waals surface area contributed by atoms with E-state index in [1.54, 1.807) is 4.68 Å². The summed E-state index contributed by atoms with van der Waals surface area (Å²) in [7, 11) is 1.84. The van der Waals surface area contributed by atoms with Gasteiger partial charge in [0, 0.05) is 12.6 Å². The van der Waals surface area contributed by atoms with E-state index in [1.807, 2.05) is 14.0 Å². The number of aliphatic hydroxyl groups excluding tert-OH is 1. The van der Waals surface area contributed by atoms with Crippen LogP contribution in [0.5, 0.6) is 0 Å². The largest absolute Gasteiger partial charge is 0.393 e. The van der Waals surface area contributed by atoms with Crippen molar-refractivity contribution < 1.29 is 5.11 Å². The van der Waals surface area contributed by atoms with Crippen LogP contribution in [0.15, 0.2) is 0 Å². The molecule has 0 aliphatic rings. The van der Waals surface area contributed by atoms with Crippen LogP contribution >= 0.6 is 11.6 Å². The maximum absolute atomic E-state index is 9.80. The average molecular weight is 245 g/mol. The van der Waals surface area contributed by atoms with Gasteiger partial charge in [-0.15, -0.1) is 0 Å². The Bertz CT molecular complexity index is 347. The van der Waals surface area contributed by atoms with E-state index in [2.05, 4.69) is 18.9 Å². The van der Waals surface area contributed by atoms with Crippen molar-refractivity contribution in [1.29, 1.82) is 0 Å². The van der Waals surface area contributed by atoms with Gasteiger partial charge in [0.05, 0.1) is 11.8 Å². The molecule has 1 aromatic rings.